The van der Waals surface area contributed by atoms with E-state index in [0.717, 1.165) is 31.6 Å². The molecule has 1 N–H and O–H groups in total. The van der Waals surface area contributed by atoms with Crippen LogP contribution in [0, 0.1) is 0 Å². The molecule has 0 radical (unpaired) electrons. The average molecular weight is 286 g/mol. The zero-order valence-electron chi connectivity index (χ0n) is 11.7. The largest absolute Gasteiger partial charge is 0.324 e. The minimum absolute atomic E-state index is 0.00603. The van der Waals surface area contributed by atoms with Gasteiger partial charge in [0.05, 0.1) is 25.0 Å². The first-order valence-electron chi connectivity index (χ1n) is 7.07. The van der Waals surface area contributed by atoms with Gasteiger partial charge in [-0.05, 0) is 31.5 Å². The van der Waals surface area contributed by atoms with Gasteiger partial charge in [0.15, 0.2) is 0 Å². The van der Waals surface area contributed by atoms with Crippen molar-refractivity contribution in [2.75, 3.05) is 18.4 Å². The van der Waals surface area contributed by atoms with Gasteiger partial charge < -0.3 is 5.32 Å². The van der Waals surface area contributed by atoms with Gasteiger partial charge in [-0.25, -0.2) is 4.98 Å². The van der Waals surface area contributed by atoms with E-state index < -0.39 is 0 Å². The maximum atomic E-state index is 12.1. The van der Waals surface area contributed by atoms with Crippen LogP contribution in [-0.4, -0.2) is 49.7 Å². The summed E-state index contributed by atoms with van der Waals surface area (Å²) in [7, 11) is 0. The predicted octanol–water partition coefficient (Wildman–Crippen LogP) is 0.776. The number of anilines is 1. The first-order valence-corrected chi connectivity index (χ1v) is 7.07. The highest BCUT2D eigenvalue weighted by atomic mass is 16.2. The fourth-order valence-electron chi connectivity index (χ4n) is 2.67. The van der Waals surface area contributed by atoms with Crippen LogP contribution in [0.25, 0.3) is 0 Å². The normalized spacial score (nSPS) is 18.8. The van der Waals surface area contributed by atoms with E-state index >= 15 is 0 Å². The van der Waals surface area contributed by atoms with Crippen molar-refractivity contribution in [3.05, 3.63) is 37.2 Å². The van der Waals surface area contributed by atoms with Crippen molar-refractivity contribution in [3.63, 3.8) is 0 Å². The summed E-state index contributed by atoms with van der Waals surface area (Å²) in [6.45, 7) is 2.12. The summed E-state index contributed by atoms with van der Waals surface area (Å²) in [6.07, 6.45) is 8.78. The van der Waals surface area contributed by atoms with Crippen LogP contribution >= 0.6 is 0 Å². The number of likely N-dealkylation sites (tertiary alicyclic amines) is 1. The van der Waals surface area contributed by atoms with Crippen molar-refractivity contribution in [1.29, 1.82) is 0 Å². The monoisotopic (exact) mass is 286 g/mol. The molecule has 7 heteroatoms. The van der Waals surface area contributed by atoms with Crippen LogP contribution in [0.2, 0.25) is 0 Å². The summed E-state index contributed by atoms with van der Waals surface area (Å²) in [6, 6.07) is 3.98. The topological polar surface area (TPSA) is 75.9 Å². The Kier molecular flexibility index (Phi) is 4.20. The molecule has 1 aliphatic rings. The van der Waals surface area contributed by atoms with Crippen molar-refractivity contribution in [2.45, 2.75) is 25.4 Å². The van der Waals surface area contributed by atoms with Gasteiger partial charge in [-0.2, -0.15) is 5.10 Å². The highest BCUT2D eigenvalue weighted by Crippen LogP contribution is 2.18. The third kappa shape index (κ3) is 3.63. The Morgan fingerprint density at radius 1 is 1.43 bits per heavy atom. The lowest BCUT2D eigenvalue weighted by Crippen LogP contribution is -2.39. The second kappa shape index (κ2) is 6.45. The van der Waals surface area contributed by atoms with Crippen molar-refractivity contribution < 1.29 is 4.79 Å². The molecule has 2 aromatic rings. The standard InChI is InChI=1S/C14H18N6O/c21-14(18-12-3-1-5-15-7-12)9-19-6-2-4-13(19)8-20-11-16-10-17-20/h1,3,5,7,10-11,13H,2,4,6,8-9H2,(H,18,21). The first-order chi connectivity index (χ1) is 10.3. The van der Waals surface area contributed by atoms with E-state index in [1.165, 1.54) is 6.33 Å². The number of nitrogens with one attached hydrogen (secondary N) is 1. The maximum Gasteiger partial charge on any atom is 0.238 e. The van der Waals surface area contributed by atoms with Gasteiger partial charge in [-0.15, -0.1) is 0 Å². The first kappa shape index (κ1) is 13.7. The lowest BCUT2D eigenvalue weighted by molar-refractivity contribution is -0.117. The van der Waals surface area contributed by atoms with Gasteiger partial charge in [0.1, 0.15) is 12.7 Å². The minimum Gasteiger partial charge on any atom is -0.324 e. The molecule has 2 aromatic heterocycles. The Morgan fingerprint density at radius 2 is 2.38 bits per heavy atom. The zero-order chi connectivity index (χ0) is 14.5. The van der Waals surface area contributed by atoms with Gasteiger partial charge in [0.25, 0.3) is 0 Å². The van der Waals surface area contributed by atoms with Crippen LogP contribution in [0.4, 0.5) is 5.69 Å². The molecule has 3 rings (SSSR count). The quantitative estimate of drug-likeness (QED) is 0.879. The van der Waals surface area contributed by atoms with Gasteiger partial charge in [-0.1, -0.05) is 0 Å². The Balaban J connectivity index is 1.54. The molecule has 0 bridgehead atoms. The van der Waals surface area contributed by atoms with Crippen LogP contribution in [0.1, 0.15) is 12.8 Å². The number of nitrogens with zero attached hydrogens (tertiary/aromatic N) is 5. The molecular weight excluding hydrogens is 268 g/mol. The fourth-order valence-corrected chi connectivity index (χ4v) is 2.67. The van der Waals surface area contributed by atoms with Crippen LogP contribution < -0.4 is 5.32 Å². The minimum atomic E-state index is -0.00603. The van der Waals surface area contributed by atoms with Crippen LogP contribution in [0.5, 0.6) is 0 Å². The van der Waals surface area contributed by atoms with Crippen molar-refractivity contribution in [2.24, 2.45) is 0 Å². The summed E-state index contributed by atoms with van der Waals surface area (Å²) in [5.74, 6) is -0.00603. The van der Waals surface area contributed by atoms with E-state index in [2.05, 4.69) is 25.3 Å². The molecule has 1 atom stereocenters. The molecule has 1 fully saturated rings. The number of hydrogen-bond donors (Lipinski definition) is 1. The molecule has 7 nitrogen and oxygen atoms in total. The number of hydrogen-bond acceptors (Lipinski definition) is 5. The molecule has 0 spiro atoms. The predicted molar refractivity (Wildman–Crippen MR) is 77.5 cm³/mol. The van der Waals surface area contributed by atoms with Gasteiger partial charge in [-0.3, -0.25) is 19.4 Å². The molecule has 1 unspecified atom stereocenters. The maximum absolute atomic E-state index is 12.1. The van der Waals surface area contributed by atoms with Crippen molar-refractivity contribution in [3.8, 4) is 0 Å². The van der Waals surface area contributed by atoms with Crippen LogP contribution in [0.3, 0.4) is 0 Å². The number of rotatable bonds is 5. The summed E-state index contributed by atoms with van der Waals surface area (Å²) in [4.78, 5) is 22.2. The Morgan fingerprint density at radius 3 is 3.14 bits per heavy atom. The van der Waals surface area contributed by atoms with Crippen molar-refractivity contribution in [1.82, 2.24) is 24.6 Å². The van der Waals surface area contributed by atoms with Gasteiger partial charge >= 0.3 is 0 Å². The Bertz CT molecular complexity index is 570. The van der Waals surface area contributed by atoms with E-state index in [4.69, 9.17) is 0 Å². The molecular formula is C14H18N6O. The molecule has 0 saturated carbocycles. The molecule has 110 valence electrons. The Labute approximate surface area is 123 Å². The third-order valence-corrected chi connectivity index (χ3v) is 3.66. The molecule has 0 aliphatic carbocycles. The second-order valence-corrected chi connectivity index (χ2v) is 5.17. The Hall–Kier alpha value is -2.28. The molecule has 1 saturated heterocycles. The average Bonchev–Trinajstić information content (AvgIpc) is 3.13. The van der Waals surface area contributed by atoms with Crippen LogP contribution in [0.15, 0.2) is 37.2 Å². The summed E-state index contributed by atoms with van der Waals surface area (Å²) in [5, 5.41) is 7.00. The number of amides is 1. The fraction of sp³-hybridized carbons (Fsp3) is 0.429. The summed E-state index contributed by atoms with van der Waals surface area (Å²) < 4.78 is 1.82. The number of carbonyl (C=O) groups excluding carboxylic acids is 1. The lowest BCUT2D eigenvalue weighted by atomic mass is 10.2. The molecule has 1 amide bonds. The number of pyridine rings is 1. The molecule has 1 aliphatic heterocycles. The van der Waals surface area contributed by atoms with Gasteiger partial charge in [0.2, 0.25) is 5.91 Å². The second-order valence-electron chi connectivity index (χ2n) is 5.17. The molecule has 21 heavy (non-hydrogen) atoms. The van der Waals surface area contributed by atoms with E-state index in [1.54, 1.807) is 24.8 Å². The highest BCUT2D eigenvalue weighted by Gasteiger charge is 2.26. The highest BCUT2D eigenvalue weighted by molar-refractivity contribution is 5.92. The lowest BCUT2D eigenvalue weighted by Gasteiger charge is -2.23. The SMILES string of the molecule is O=C(CN1CCCC1Cn1cncn1)Nc1cccnc1. The van der Waals surface area contributed by atoms with E-state index in [0.29, 0.717) is 12.6 Å². The molecule has 3 heterocycles. The van der Waals surface area contributed by atoms with Crippen molar-refractivity contribution >= 4 is 11.6 Å². The summed E-state index contributed by atoms with van der Waals surface area (Å²) >= 11 is 0. The molecule has 0 aromatic carbocycles. The smallest absolute Gasteiger partial charge is 0.238 e. The van der Waals surface area contributed by atoms with Crippen LogP contribution in [-0.2, 0) is 11.3 Å². The zero-order valence-corrected chi connectivity index (χ0v) is 11.7. The van der Waals surface area contributed by atoms with E-state index in [1.807, 2.05) is 10.7 Å². The third-order valence-electron chi connectivity index (χ3n) is 3.66. The van der Waals surface area contributed by atoms with Gasteiger partial charge in [0, 0.05) is 12.2 Å². The number of aromatic nitrogens is 4. The number of carbonyl (C=O) groups is 1. The summed E-state index contributed by atoms with van der Waals surface area (Å²) in [5.41, 5.74) is 0.731. The van der Waals surface area contributed by atoms with E-state index in [-0.39, 0.29) is 5.91 Å². The van der Waals surface area contributed by atoms with E-state index in [9.17, 15) is 4.79 Å².